The molecule has 0 fully saturated rings. The zero-order valence-electron chi connectivity index (χ0n) is 12.4. The van der Waals surface area contributed by atoms with Crippen LogP contribution in [0.4, 0.5) is 5.13 Å². The van der Waals surface area contributed by atoms with Crippen molar-refractivity contribution in [1.82, 2.24) is 10.1 Å². The van der Waals surface area contributed by atoms with Crippen molar-refractivity contribution in [1.29, 1.82) is 0 Å². The first-order chi connectivity index (χ1) is 10.5. The number of hydrogen-bond acceptors (Lipinski definition) is 5. The molecular formula is C15H14ClN3O2S. The Morgan fingerprint density at radius 1 is 1.41 bits per heavy atom. The summed E-state index contributed by atoms with van der Waals surface area (Å²) in [6.07, 6.45) is 0. The van der Waals surface area contributed by atoms with Gasteiger partial charge in [0.05, 0.1) is 15.9 Å². The highest BCUT2D eigenvalue weighted by Gasteiger charge is 2.25. The lowest BCUT2D eigenvalue weighted by Gasteiger charge is -2.17. The smallest absolute Gasteiger partial charge is 0.265 e. The fourth-order valence-corrected chi connectivity index (χ4v) is 3.47. The fourth-order valence-electron chi connectivity index (χ4n) is 2.29. The SMILES string of the molecule is CCN(C(=O)c1c(C)noc1C)c1nc2cc(Cl)ccc2s1. The summed E-state index contributed by atoms with van der Waals surface area (Å²) in [7, 11) is 0. The average Bonchev–Trinajstić information content (AvgIpc) is 3.02. The molecule has 2 aromatic heterocycles. The molecule has 0 saturated heterocycles. The molecule has 0 saturated carbocycles. The maximum absolute atomic E-state index is 12.8. The highest BCUT2D eigenvalue weighted by atomic mass is 35.5. The Morgan fingerprint density at radius 3 is 2.82 bits per heavy atom. The molecule has 0 aliphatic heterocycles. The number of thiazole rings is 1. The van der Waals surface area contributed by atoms with Crippen LogP contribution in [0.3, 0.4) is 0 Å². The molecule has 0 spiro atoms. The van der Waals surface area contributed by atoms with Crippen molar-refractivity contribution in [2.24, 2.45) is 0 Å². The van der Waals surface area contributed by atoms with Crippen LogP contribution >= 0.6 is 22.9 Å². The van der Waals surface area contributed by atoms with Crippen LogP contribution in [0.2, 0.25) is 5.02 Å². The summed E-state index contributed by atoms with van der Waals surface area (Å²) in [6, 6.07) is 5.52. The van der Waals surface area contributed by atoms with Crippen LogP contribution in [0.1, 0.15) is 28.7 Å². The second kappa shape index (κ2) is 5.70. The number of aryl methyl sites for hydroxylation is 2. The second-order valence-corrected chi connectivity index (χ2v) is 6.30. The maximum atomic E-state index is 12.8. The summed E-state index contributed by atoms with van der Waals surface area (Å²) >= 11 is 7.45. The molecule has 0 aliphatic rings. The van der Waals surface area contributed by atoms with Gasteiger partial charge in [-0.1, -0.05) is 28.1 Å². The first-order valence-electron chi connectivity index (χ1n) is 6.82. The number of fused-ring (bicyclic) bond motifs is 1. The minimum absolute atomic E-state index is 0.149. The largest absolute Gasteiger partial charge is 0.361 e. The van der Waals surface area contributed by atoms with E-state index in [4.69, 9.17) is 16.1 Å². The number of halogens is 1. The Balaban J connectivity index is 2.04. The Labute approximate surface area is 136 Å². The Bertz CT molecular complexity index is 836. The molecule has 5 nitrogen and oxygen atoms in total. The lowest BCUT2D eigenvalue weighted by molar-refractivity contribution is 0.0986. The van der Waals surface area contributed by atoms with E-state index >= 15 is 0 Å². The van der Waals surface area contributed by atoms with Crippen LogP contribution in [0.25, 0.3) is 10.2 Å². The summed E-state index contributed by atoms with van der Waals surface area (Å²) < 4.78 is 6.08. The van der Waals surface area contributed by atoms with Crippen LogP contribution in [-0.2, 0) is 0 Å². The lowest BCUT2D eigenvalue weighted by Crippen LogP contribution is -2.31. The number of anilines is 1. The van der Waals surface area contributed by atoms with Gasteiger partial charge in [0.1, 0.15) is 11.3 Å². The number of carbonyl (C=O) groups is 1. The summed E-state index contributed by atoms with van der Waals surface area (Å²) in [5.41, 5.74) is 1.88. The predicted octanol–water partition coefficient (Wildman–Crippen LogP) is 4.22. The zero-order chi connectivity index (χ0) is 15.9. The number of carbonyl (C=O) groups excluding carboxylic acids is 1. The summed E-state index contributed by atoms with van der Waals surface area (Å²) in [6.45, 7) is 5.92. The van der Waals surface area contributed by atoms with E-state index in [1.807, 2.05) is 19.1 Å². The van der Waals surface area contributed by atoms with Gasteiger partial charge in [0.2, 0.25) is 0 Å². The molecule has 0 atom stereocenters. The molecule has 0 N–H and O–H groups in total. The molecule has 3 rings (SSSR count). The van der Waals surface area contributed by atoms with E-state index < -0.39 is 0 Å². The number of aromatic nitrogens is 2. The van der Waals surface area contributed by atoms with Gasteiger partial charge >= 0.3 is 0 Å². The van der Waals surface area contributed by atoms with Crippen molar-refractivity contribution >= 4 is 44.2 Å². The first-order valence-corrected chi connectivity index (χ1v) is 8.01. The van der Waals surface area contributed by atoms with Crippen LogP contribution in [0.15, 0.2) is 22.7 Å². The van der Waals surface area contributed by atoms with Gasteiger partial charge in [-0.05, 0) is 39.0 Å². The quantitative estimate of drug-likeness (QED) is 0.719. The van der Waals surface area contributed by atoms with Gasteiger partial charge in [-0.15, -0.1) is 0 Å². The normalized spacial score (nSPS) is 11.1. The highest BCUT2D eigenvalue weighted by molar-refractivity contribution is 7.22. The van der Waals surface area contributed by atoms with Crippen molar-refractivity contribution in [3.8, 4) is 0 Å². The van der Waals surface area contributed by atoms with Gasteiger partial charge in [0, 0.05) is 11.6 Å². The number of rotatable bonds is 3. The fraction of sp³-hybridized carbons (Fsp3) is 0.267. The third-order valence-electron chi connectivity index (χ3n) is 3.38. The molecule has 0 unspecified atom stereocenters. The second-order valence-electron chi connectivity index (χ2n) is 4.86. The van der Waals surface area contributed by atoms with E-state index in [0.29, 0.717) is 33.7 Å². The molecular weight excluding hydrogens is 322 g/mol. The Morgan fingerprint density at radius 2 is 2.18 bits per heavy atom. The monoisotopic (exact) mass is 335 g/mol. The van der Waals surface area contributed by atoms with Gasteiger partial charge in [-0.2, -0.15) is 0 Å². The third-order valence-corrected chi connectivity index (χ3v) is 4.67. The molecule has 3 aromatic rings. The Kier molecular flexibility index (Phi) is 3.88. The van der Waals surface area contributed by atoms with E-state index in [0.717, 1.165) is 10.2 Å². The number of hydrogen-bond donors (Lipinski definition) is 0. The topological polar surface area (TPSA) is 59.2 Å². The van der Waals surface area contributed by atoms with E-state index in [1.54, 1.807) is 24.8 Å². The molecule has 2 heterocycles. The number of nitrogens with zero attached hydrogens (tertiary/aromatic N) is 3. The van der Waals surface area contributed by atoms with Crippen LogP contribution in [0.5, 0.6) is 0 Å². The maximum Gasteiger partial charge on any atom is 0.265 e. The molecule has 1 amide bonds. The van der Waals surface area contributed by atoms with Crippen molar-refractivity contribution < 1.29 is 9.32 Å². The molecule has 22 heavy (non-hydrogen) atoms. The van der Waals surface area contributed by atoms with E-state index in [9.17, 15) is 4.79 Å². The number of benzene rings is 1. The first kappa shape index (κ1) is 15.0. The molecule has 1 aromatic carbocycles. The standard InChI is InChI=1S/C15H14ClN3O2S/c1-4-19(14(20)13-8(2)18-21-9(13)3)15-17-11-7-10(16)5-6-12(11)22-15/h5-7H,4H2,1-3H3. The van der Waals surface area contributed by atoms with Crippen LogP contribution < -0.4 is 4.90 Å². The number of amides is 1. The van der Waals surface area contributed by atoms with Gasteiger partial charge in [0.25, 0.3) is 5.91 Å². The summed E-state index contributed by atoms with van der Waals surface area (Å²) in [5.74, 6) is 0.369. The van der Waals surface area contributed by atoms with Gasteiger partial charge in [0.15, 0.2) is 5.13 Å². The van der Waals surface area contributed by atoms with E-state index in [1.165, 1.54) is 11.3 Å². The molecule has 0 bridgehead atoms. The van der Waals surface area contributed by atoms with Gasteiger partial charge < -0.3 is 4.52 Å². The zero-order valence-corrected chi connectivity index (χ0v) is 14.0. The van der Waals surface area contributed by atoms with Gasteiger partial charge in [-0.3, -0.25) is 9.69 Å². The van der Waals surface area contributed by atoms with Crippen molar-refractivity contribution in [3.05, 3.63) is 40.2 Å². The van der Waals surface area contributed by atoms with Crippen LogP contribution in [0, 0.1) is 13.8 Å². The van der Waals surface area contributed by atoms with Crippen LogP contribution in [-0.4, -0.2) is 22.6 Å². The van der Waals surface area contributed by atoms with Gasteiger partial charge in [-0.25, -0.2) is 4.98 Å². The summed E-state index contributed by atoms with van der Waals surface area (Å²) in [4.78, 5) is 18.9. The van der Waals surface area contributed by atoms with Crippen molar-refractivity contribution in [2.45, 2.75) is 20.8 Å². The lowest BCUT2D eigenvalue weighted by atomic mass is 10.2. The minimum Gasteiger partial charge on any atom is -0.361 e. The molecule has 0 aliphatic carbocycles. The molecule has 7 heteroatoms. The molecule has 0 radical (unpaired) electrons. The minimum atomic E-state index is -0.149. The molecule has 114 valence electrons. The Hall–Kier alpha value is -1.92. The van der Waals surface area contributed by atoms with Crippen molar-refractivity contribution in [3.63, 3.8) is 0 Å². The van der Waals surface area contributed by atoms with Crippen molar-refractivity contribution in [2.75, 3.05) is 11.4 Å². The average molecular weight is 336 g/mol. The predicted molar refractivity (Wildman–Crippen MR) is 88.0 cm³/mol. The van der Waals surface area contributed by atoms with E-state index in [2.05, 4.69) is 10.1 Å². The van der Waals surface area contributed by atoms with E-state index in [-0.39, 0.29) is 5.91 Å². The third kappa shape index (κ3) is 2.48. The highest BCUT2D eigenvalue weighted by Crippen LogP contribution is 2.31. The summed E-state index contributed by atoms with van der Waals surface area (Å²) in [5, 5.41) is 5.12.